The molecule has 2 aromatic rings. The van der Waals surface area contributed by atoms with Gasteiger partial charge in [-0.2, -0.15) is 0 Å². The van der Waals surface area contributed by atoms with Gasteiger partial charge in [-0.15, -0.1) is 11.3 Å². The van der Waals surface area contributed by atoms with E-state index in [0.29, 0.717) is 23.0 Å². The lowest BCUT2D eigenvalue weighted by atomic mass is 10.2. The highest BCUT2D eigenvalue weighted by atomic mass is 79.9. The number of thiazole rings is 1. The zero-order chi connectivity index (χ0) is 13.8. The largest absolute Gasteiger partial charge is 0.352 e. The van der Waals surface area contributed by atoms with Gasteiger partial charge in [0.05, 0.1) is 16.3 Å². The molecule has 1 N–H and O–H groups in total. The Labute approximate surface area is 123 Å². The number of nitrogens with one attached hydrogen (secondary N) is 1. The second kappa shape index (κ2) is 6.25. The molecule has 0 aliphatic heterocycles. The molecule has 1 aromatic heterocycles. The molecule has 0 saturated carbocycles. The fraction of sp³-hybridized carbons (Fsp3) is 0.231. The topological polar surface area (TPSA) is 42.0 Å². The van der Waals surface area contributed by atoms with Gasteiger partial charge in [0, 0.05) is 22.8 Å². The monoisotopic (exact) mass is 342 g/mol. The van der Waals surface area contributed by atoms with Gasteiger partial charge >= 0.3 is 0 Å². The number of rotatable bonds is 4. The molecule has 1 amide bonds. The molecule has 0 atom stereocenters. The summed E-state index contributed by atoms with van der Waals surface area (Å²) >= 11 is 4.82. The van der Waals surface area contributed by atoms with Crippen molar-refractivity contribution in [3.05, 3.63) is 50.1 Å². The summed E-state index contributed by atoms with van der Waals surface area (Å²) in [4.78, 5) is 16.2. The third kappa shape index (κ3) is 3.84. The Morgan fingerprint density at radius 2 is 2.32 bits per heavy atom. The van der Waals surface area contributed by atoms with Crippen molar-refractivity contribution in [2.24, 2.45) is 0 Å². The highest BCUT2D eigenvalue weighted by Crippen LogP contribution is 2.17. The first-order valence-electron chi connectivity index (χ1n) is 5.70. The van der Waals surface area contributed by atoms with Crippen LogP contribution in [0.1, 0.15) is 21.1 Å². The third-order valence-electron chi connectivity index (χ3n) is 2.51. The SMILES string of the molecule is Cc1nc(CCNC(=O)c2cc(F)ccc2Br)cs1. The number of aryl methyl sites for hydroxylation is 1. The van der Waals surface area contributed by atoms with Gasteiger partial charge in [0.1, 0.15) is 5.82 Å². The maximum atomic E-state index is 13.1. The summed E-state index contributed by atoms with van der Waals surface area (Å²) < 4.78 is 13.7. The fourth-order valence-electron chi connectivity index (χ4n) is 1.59. The molecule has 0 radical (unpaired) electrons. The molecule has 100 valence electrons. The van der Waals surface area contributed by atoms with Crippen molar-refractivity contribution >= 4 is 33.2 Å². The lowest BCUT2D eigenvalue weighted by Crippen LogP contribution is -2.26. The first-order valence-corrected chi connectivity index (χ1v) is 7.38. The Morgan fingerprint density at radius 3 is 3.00 bits per heavy atom. The Balaban J connectivity index is 1.92. The molecular formula is C13H12BrFN2OS. The normalized spacial score (nSPS) is 10.5. The lowest BCUT2D eigenvalue weighted by molar-refractivity contribution is 0.0953. The van der Waals surface area contributed by atoms with E-state index in [-0.39, 0.29) is 5.91 Å². The summed E-state index contributed by atoms with van der Waals surface area (Å²) in [6.45, 7) is 2.42. The second-order valence-corrected chi connectivity index (χ2v) is 5.90. The minimum Gasteiger partial charge on any atom is -0.352 e. The van der Waals surface area contributed by atoms with E-state index < -0.39 is 5.82 Å². The minimum atomic E-state index is -0.427. The maximum Gasteiger partial charge on any atom is 0.252 e. The third-order valence-corrected chi connectivity index (χ3v) is 4.02. The van der Waals surface area contributed by atoms with Crippen molar-refractivity contribution in [1.82, 2.24) is 10.3 Å². The van der Waals surface area contributed by atoms with Crippen LogP contribution >= 0.6 is 27.3 Å². The van der Waals surface area contributed by atoms with Gasteiger partial charge in [0.15, 0.2) is 0 Å². The van der Waals surface area contributed by atoms with Gasteiger partial charge in [-0.25, -0.2) is 9.37 Å². The van der Waals surface area contributed by atoms with Crippen molar-refractivity contribution in [1.29, 1.82) is 0 Å². The number of halogens is 2. The van der Waals surface area contributed by atoms with Gasteiger partial charge < -0.3 is 5.32 Å². The molecule has 1 heterocycles. The van der Waals surface area contributed by atoms with Crippen LogP contribution in [0.3, 0.4) is 0 Å². The van der Waals surface area contributed by atoms with Crippen LogP contribution in [0.15, 0.2) is 28.1 Å². The van der Waals surface area contributed by atoms with E-state index in [1.54, 1.807) is 11.3 Å². The molecule has 2 rings (SSSR count). The van der Waals surface area contributed by atoms with Gasteiger partial charge in [-0.05, 0) is 41.1 Å². The Hall–Kier alpha value is -1.27. The van der Waals surface area contributed by atoms with Crippen LogP contribution < -0.4 is 5.32 Å². The van der Waals surface area contributed by atoms with Crippen LogP contribution in [0.25, 0.3) is 0 Å². The first kappa shape index (κ1) is 14.1. The smallest absolute Gasteiger partial charge is 0.252 e. The molecule has 0 saturated heterocycles. The van der Waals surface area contributed by atoms with Crippen molar-refractivity contribution in [2.45, 2.75) is 13.3 Å². The summed E-state index contributed by atoms with van der Waals surface area (Å²) in [6.07, 6.45) is 0.670. The fourth-order valence-corrected chi connectivity index (χ4v) is 2.67. The maximum absolute atomic E-state index is 13.1. The number of hydrogen-bond acceptors (Lipinski definition) is 3. The average Bonchev–Trinajstić information content (AvgIpc) is 2.78. The zero-order valence-electron chi connectivity index (χ0n) is 10.2. The molecule has 0 aliphatic carbocycles. The number of aromatic nitrogens is 1. The van der Waals surface area contributed by atoms with Gasteiger partial charge in [0.25, 0.3) is 5.91 Å². The summed E-state index contributed by atoms with van der Waals surface area (Å²) in [5, 5.41) is 5.73. The standard InChI is InChI=1S/C13H12BrFN2OS/c1-8-17-10(7-19-8)4-5-16-13(18)11-6-9(15)2-3-12(11)14/h2-3,6-7H,4-5H2,1H3,(H,16,18). The molecule has 0 spiro atoms. The number of hydrogen-bond donors (Lipinski definition) is 1. The lowest BCUT2D eigenvalue weighted by Gasteiger charge is -2.06. The molecule has 0 aliphatic rings. The van der Waals surface area contributed by atoms with E-state index in [4.69, 9.17) is 0 Å². The second-order valence-electron chi connectivity index (χ2n) is 3.99. The van der Waals surface area contributed by atoms with Gasteiger partial charge in [-0.3, -0.25) is 4.79 Å². The van der Waals surface area contributed by atoms with E-state index in [2.05, 4.69) is 26.2 Å². The highest BCUT2D eigenvalue weighted by molar-refractivity contribution is 9.10. The average molecular weight is 343 g/mol. The van der Waals surface area contributed by atoms with Crippen molar-refractivity contribution < 1.29 is 9.18 Å². The van der Waals surface area contributed by atoms with Crippen LogP contribution in [-0.4, -0.2) is 17.4 Å². The Bertz CT molecular complexity index is 600. The Morgan fingerprint density at radius 1 is 1.53 bits per heavy atom. The van der Waals surface area contributed by atoms with Gasteiger partial charge in [-0.1, -0.05) is 0 Å². The molecule has 0 unspecified atom stereocenters. The van der Waals surface area contributed by atoms with Crippen molar-refractivity contribution in [3.63, 3.8) is 0 Å². The molecular weight excluding hydrogens is 331 g/mol. The molecule has 0 fully saturated rings. The number of carbonyl (C=O) groups is 1. The van der Waals surface area contributed by atoms with Crippen LogP contribution in [-0.2, 0) is 6.42 Å². The predicted molar refractivity (Wildman–Crippen MR) is 77.0 cm³/mol. The highest BCUT2D eigenvalue weighted by Gasteiger charge is 2.10. The summed E-state index contributed by atoms with van der Waals surface area (Å²) in [5.41, 5.74) is 1.26. The first-order chi connectivity index (χ1) is 9.06. The van der Waals surface area contributed by atoms with E-state index in [1.807, 2.05) is 12.3 Å². The van der Waals surface area contributed by atoms with Gasteiger partial charge in [0.2, 0.25) is 0 Å². The molecule has 0 bridgehead atoms. The summed E-state index contributed by atoms with van der Waals surface area (Å²) in [6, 6.07) is 4.04. The molecule has 1 aromatic carbocycles. The van der Waals surface area contributed by atoms with Crippen molar-refractivity contribution in [3.8, 4) is 0 Å². The minimum absolute atomic E-state index is 0.293. The quantitative estimate of drug-likeness (QED) is 0.925. The number of carbonyl (C=O) groups excluding carboxylic acids is 1. The van der Waals surface area contributed by atoms with E-state index in [9.17, 15) is 9.18 Å². The summed E-state index contributed by atoms with van der Waals surface area (Å²) in [5.74, 6) is -0.721. The summed E-state index contributed by atoms with van der Waals surface area (Å²) in [7, 11) is 0. The predicted octanol–water partition coefficient (Wildman–Crippen LogP) is 3.33. The van der Waals surface area contributed by atoms with Crippen LogP contribution in [0, 0.1) is 12.7 Å². The number of benzene rings is 1. The van der Waals surface area contributed by atoms with Crippen LogP contribution in [0.5, 0.6) is 0 Å². The van der Waals surface area contributed by atoms with Crippen LogP contribution in [0.2, 0.25) is 0 Å². The molecule has 6 heteroatoms. The Kier molecular flexibility index (Phi) is 4.66. The number of nitrogens with zero attached hydrogens (tertiary/aromatic N) is 1. The van der Waals surface area contributed by atoms with E-state index >= 15 is 0 Å². The zero-order valence-corrected chi connectivity index (χ0v) is 12.6. The van der Waals surface area contributed by atoms with Crippen molar-refractivity contribution in [2.75, 3.05) is 6.54 Å². The van der Waals surface area contributed by atoms with Crippen LogP contribution in [0.4, 0.5) is 4.39 Å². The molecule has 3 nitrogen and oxygen atoms in total. The van der Waals surface area contributed by atoms with E-state index in [0.717, 1.165) is 10.7 Å². The molecule has 19 heavy (non-hydrogen) atoms. The van der Waals surface area contributed by atoms with E-state index in [1.165, 1.54) is 18.2 Å². The number of amides is 1.